The number of aromatic nitrogens is 2. The number of fused-ring (bicyclic) bond motifs is 1. The molecule has 0 fully saturated rings. The lowest BCUT2D eigenvalue weighted by molar-refractivity contribution is -0.120. The van der Waals surface area contributed by atoms with E-state index in [0.717, 1.165) is 27.0 Å². The molecular weight excluding hydrogens is 425 g/mol. The van der Waals surface area contributed by atoms with E-state index in [1.165, 1.54) is 19.1 Å². The molecule has 0 saturated carbocycles. The summed E-state index contributed by atoms with van der Waals surface area (Å²) >= 11 is 1.67. The van der Waals surface area contributed by atoms with Gasteiger partial charge < -0.3 is 10.1 Å². The van der Waals surface area contributed by atoms with Gasteiger partial charge in [-0.2, -0.15) is 5.10 Å². The van der Waals surface area contributed by atoms with Crippen LogP contribution in [0.15, 0.2) is 77.8 Å². The van der Waals surface area contributed by atoms with Crippen molar-refractivity contribution in [3.8, 4) is 11.4 Å². The fraction of sp³-hybridized carbons (Fsp3) is 0.200. The van der Waals surface area contributed by atoms with Gasteiger partial charge in [0, 0.05) is 17.2 Å². The normalized spacial score (nSPS) is 13.0. The highest BCUT2D eigenvalue weighted by Crippen LogP contribution is 2.30. The van der Waals surface area contributed by atoms with E-state index in [0.29, 0.717) is 5.75 Å². The monoisotopic (exact) mass is 449 g/mol. The van der Waals surface area contributed by atoms with Crippen molar-refractivity contribution < 1.29 is 13.9 Å². The molecule has 0 aliphatic carbocycles. The molecule has 0 radical (unpaired) electrons. The highest BCUT2D eigenvalue weighted by molar-refractivity contribution is 7.98. The maximum atomic E-state index is 13.3. The van der Waals surface area contributed by atoms with E-state index in [-0.39, 0.29) is 23.9 Å². The van der Waals surface area contributed by atoms with Gasteiger partial charge in [0.05, 0.1) is 23.4 Å². The molecule has 3 aromatic carbocycles. The summed E-state index contributed by atoms with van der Waals surface area (Å²) in [5, 5.41) is 8.29. The van der Waals surface area contributed by atoms with E-state index in [1.54, 1.807) is 34.8 Å². The van der Waals surface area contributed by atoms with Crippen LogP contribution in [0.5, 0.6) is 5.75 Å². The Morgan fingerprint density at radius 1 is 1.09 bits per heavy atom. The molecule has 4 aromatic rings. The van der Waals surface area contributed by atoms with Crippen molar-refractivity contribution in [2.75, 3.05) is 6.26 Å². The number of benzene rings is 3. The van der Waals surface area contributed by atoms with Crippen LogP contribution in [0.2, 0.25) is 0 Å². The predicted octanol–water partition coefficient (Wildman–Crippen LogP) is 5.53. The van der Waals surface area contributed by atoms with Gasteiger partial charge in [0.1, 0.15) is 17.7 Å². The molecule has 0 bridgehead atoms. The molecule has 0 saturated heterocycles. The summed E-state index contributed by atoms with van der Waals surface area (Å²) in [6, 6.07) is 19.9. The summed E-state index contributed by atoms with van der Waals surface area (Å²) in [5.74, 6) is 0.279. The molecule has 2 atom stereocenters. The maximum Gasteiger partial charge on any atom is 0.217 e. The fourth-order valence-electron chi connectivity index (χ4n) is 3.67. The van der Waals surface area contributed by atoms with E-state index in [1.807, 2.05) is 55.6 Å². The second-order valence-electron chi connectivity index (χ2n) is 7.55. The number of halogens is 1. The van der Waals surface area contributed by atoms with Gasteiger partial charge in [-0.25, -0.2) is 9.07 Å². The summed E-state index contributed by atoms with van der Waals surface area (Å²) < 4.78 is 21.4. The van der Waals surface area contributed by atoms with Gasteiger partial charge in [-0.1, -0.05) is 12.1 Å². The van der Waals surface area contributed by atoms with E-state index in [9.17, 15) is 9.18 Å². The van der Waals surface area contributed by atoms with Crippen LogP contribution in [0, 0.1) is 5.82 Å². The first-order valence-corrected chi connectivity index (χ1v) is 11.5. The van der Waals surface area contributed by atoms with Crippen LogP contribution in [0.1, 0.15) is 25.5 Å². The fourth-order valence-corrected chi connectivity index (χ4v) is 4.08. The Hall–Kier alpha value is -3.32. The van der Waals surface area contributed by atoms with Crippen molar-refractivity contribution in [1.82, 2.24) is 15.1 Å². The highest BCUT2D eigenvalue weighted by Gasteiger charge is 2.22. The number of hydrogen-bond acceptors (Lipinski definition) is 4. The van der Waals surface area contributed by atoms with Gasteiger partial charge in [0.15, 0.2) is 0 Å². The number of amides is 1. The third kappa shape index (κ3) is 4.78. The van der Waals surface area contributed by atoms with E-state index >= 15 is 0 Å². The number of thioether (sulfide) groups is 1. The van der Waals surface area contributed by atoms with E-state index in [4.69, 9.17) is 4.74 Å². The Bertz CT molecular complexity index is 1220. The van der Waals surface area contributed by atoms with Crippen molar-refractivity contribution in [2.24, 2.45) is 0 Å². The molecule has 0 aliphatic heterocycles. The molecule has 1 amide bonds. The van der Waals surface area contributed by atoms with Gasteiger partial charge in [0.2, 0.25) is 5.91 Å². The van der Waals surface area contributed by atoms with Crippen LogP contribution >= 0.6 is 11.8 Å². The second kappa shape index (κ2) is 9.44. The summed E-state index contributed by atoms with van der Waals surface area (Å²) in [6.07, 6.45) is 3.43. The van der Waals surface area contributed by atoms with Crippen molar-refractivity contribution in [3.05, 3.63) is 84.3 Å². The third-order valence-corrected chi connectivity index (χ3v) is 5.95. The molecule has 1 heterocycles. The molecule has 7 heteroatoms. The van der Waals surface area contributed by atoms with Crippen molar-refractivity contribution in [1.29, 1.82) is 0 Å². The first-order chi connectivity index (χ1) is 15.4. The Morgan fingerprint density at radius 2 is 1.81 bits per heavy atom. The minimum absolute atomic E-state index is 0.108. The highest BCUT2D eigenvalue weighted by atomic mass is 32.2. The van der Waals surface area contributed by atoms with E-state index in [2.05, 4.69) is 10.4 Å². The molecule has 1 N–H and O–H groups in total. The lowest BCUT2D eigenvalue weighted by Gasteiger charge is -2.26. The molecule has 1 aromatic heterocycles. The molecule has 4 rings (SSSR count). The summed E-state index contributed by atoms with van der Waals surface area (Å²) in [5.41, 5.74) is 2.65. The van der Waals surface area contributed by atoms with Crippen molar-refractivity contribution >= 4 is 28.6 Å². The van der Waals surface area contributed by atoms with Crippen LogP contribution in [-0.2, 0) is 4.79 Å². The Kier molecular flexibility index (Phi) is 6.46. The Balaban J connectivity index is 1.64. The number of ether oxygens (including phenoxy) is 1. The molecule has 32 heavy (non-hydrogen) atoms. The van der Waals surface area contributed by atoms with E-state index < -0.39 is 0 Å². The molecule has 0 spiro atoms. The third-order valence-electron chi connectivity index (χ3n) is 5.20. The minimum atomic E-state index is -0.362. The van der Waals surface area contributed by atoms with Gasteiger partial charge in [0.25, 0.3) is 0 Å². The number of nitrogens with zero attached hydrogens (tertiary/aromatic N) is 2. The quantitative estimate of drug-likeness (QED) is 0.377. The Labute approximate surface area is 190 Å². The topological polar surface area (TPSA) is 56.1 Å². The standard InChI is InChI=1S/C25H24FN3O2S/c1-16(28-17(2)30)25(18-4-11-23(32-3)12-5-18)31-22-10-13-24-19(14-22)15-27-29(24)21-8-6-20(26)7-9-21/h4-16,25H,1-3H3,(H,28,30)/t16-,25+/m0/s1. The number of rotatable bonds is 7. The second-order valence-corrected chi connectivity index (χ2v) is 8.43. The molecular formula is C25H24FN3O2S. The van der Waals surface area contributed by atoms with Crippen LogP contribution < -0.4 is 10.1 Å². The largest absolute Gasteiger partial charge is 0.484 e. The summed E-state index contributed by atoms with van der Waals surface area (Å²) in [7, 11) is 0. The lowest BCUT2D eigenvalue weighted by Crippen LogP contribution is -2.37. The maximum absolute atomic E-state index is 13.3. The molecule has 164 valence electrons. The molecule has 5 nitrogen and oxygen atoms in total. The number of carbonyl (C=O) groups excluding carboxylic acids is 1. The Morgan fingerprint density at radius 3 is 2.47 bits per heavy atom. The minimum Gasteiger partial charge on any atom is -0.484 e. The number of nitrogens with one attached hydrogen (secondary N) is 1. The zero-order valence-corrected chi connectivity index (χ0v) is 18.9. The van der Waals surface area contributed by atoms with Gasteiger partial charge in [-0.05, 0) is 73.3 Å². The van der Waals surface area contributed by atoms with Crippen LogP contribution in [0.4, 0.5) is 4.39 Å². The SMILES string of the molecule is CSc1ccc([C@H](Oc2ccc3c(cnn3-c3ccc(F)cc3)c2)[C@H](C)NC(C)=O)cc1. The first-order valence-electron chi connectivity index (χ1n) is 10.3. The van der Waals surface area contributed by atoms with Gasteiger partial charge in [-0.15, -0.1) is 11.8 Å². The number of hydrogen-bond donors (Lipinski definition) is 1. The summed E-state index contributed by atoms with van der Waals surface area (Å²) in [6.45, 7) is 3.43. The average Bonchev–Trinajstić information content (AvgIpc) is 3.21. The zero-order chi connectivity index (χ0) is 22.7. The van der Waals surface area contributed by atoms with Crippen molar-refractivity contribution in [2.45, 2.75) is 30.9 Å². The summed E-state index contributed by atoms with van der Waals surface area (Å²) in [4.78, 5) is 12.8. The number of carbonyl (C=O) groups is 1. The van der Waals surface area contributed by atoms with Crippen LogP contribution in [-0.4, -0.2) is 28.0 Å². The smallest absolute Gasteiger partial charge is 0.217 e. The average molecular weight is 450 g/mol. The van der Waals surface area contributed by atoms with Crippen LogP contribution in [0.25, 0.3) is 16.6 Å². The first kappa shape index (κ1) is 21.9. The zero-order valence-electron chi connectivity index (χ0n) is 18.1. The van der Waals surface area contributed by atoms with Gasteiger partial charge >= 0.3 is 0 Å². The van der Waals surface area contributed by atoms with Crippen LogP contribution in [0.3, 0.4) is 0 Å². The molecule has 0 aliphatic rings. The predicted molar refractivity (Wildman–Crippen MR) is 126 cm³/mol. The molecule has 0 unspecified atom stereocenters. The van der Waals surface area contributed by atoms with Gasteiger partial charge in [-0.3, -0.25) is 4.79 Å². The lowest BCUT2D eigenvalue weighted by atomic mass is 10.0. The van der Waals surface area contributed by atoms with Crippen molar-refractivity contribution in [3.63, 3.8) is 0 Å².